The van der Waals surface area contributed by atoms with Crippen LogP contribution < -0.4 is 5.32 Å². The SMILES string of the molecule is CNCC=Cc1cc(C(C)(C)C)cc(C(C)(C)C)c1. The highest BCUT2D eigenvalue weighted by Gasteiger charge is 2.19. The Bertz CT molecular complexity index is 409. The standard InChI is InChI=1S/C18H29N/c1-17(2,3)15-11-14(9-8-10-19-7)12-16(13-15)18(4,5)6/h8-9,11-13,19H,10H2,1-7H3. The molecule has 0 aliphatic carbocycles. The van der Waals surface area contributed by atoms with Gasteiger partial charge in [-0.3, -0.25) is 0 Å². The van der Waals surface area contributed by atoms with E-state index in [0.717, 1.165) is 6.54 Å². The van der Waals surface area contributed by atoms with E-state index in [1.54, 1.807) is 0 Å². The van der Waals surface area contributed by atoms with Crippen molar-refractivity contribution >= 4 is 6.08 Å². The minimum Gasteiger partial charge on any atom is -0.316 e. The van der Waals surface area contributed by atoms with Gasteiger partial charge in [0.2, 0.25) is 0 Å². The molecule has 106 valence electrons. The fourth-order valence-corrected chi connectivity index (χ4v) is 1.93. The predicted octanol–water partition coefficient (Wildman–Crippen LogP) is 4.51. The van der Waals surface area contributed by atoms with Gasteiger partial charge in [-0.2, -0.15) is 0 Å². The number of likely N-dealkylation sites (N-methyl/N-ethyl adjacent to an activating group) is 1. The zero-order valence-corrected chi connectivity index (χ0v) is 13.6. The van der Waals surface area contributed by atoms with Crippen LogP contribution in [-0.4, -0.2) is 13.6 Å². The summed E-state index contributed by atoms with van der Waals surface area (Å²) in [7, 11) is 1.97. The van der Waals surface area contributed by atoms with Crippen molar-refractivity contribution in [3.8, 4) is 0 Å². The molecule has 1 aromatic rings. The highest BCUT2D eigenvalue weighted by molar-refractivity contribution is 5.54. The fourth-order valence-electron chi connectivity index (χ4n) is 1.93. The molecule has 0 bridgehead atoms. The summed E-state index contributed by atoms with van der Waals surface area (Å²) in [5, 5.41) is 3.14. The molecule has 1 aromatic carbocycles. The summed E-state index contributed by atoms with van der Waals surface area (Å²) in [5.41, 5.74) is 4.49. The first-order valence-corrected chi connectivity index (χ1v) is 7.12. The summed E-state index contributed by atoms with van der Waals surface area (Å²) in [6.45, 7) is 14.5. The maximum absolute atomic E-state index is 3.14. The van der Waals surface area contributed by atoms with Crippen molar-refractivity contribution in [2.45, 2.75) is 52.4 Å². The lowest BCUT2D eigenvalue weighted by Gasteiger charge is -2.25. The van der Waals surface area contributed by atoms with Gasteiger partial charge in [0.25, 0.3) is 0 Å². The maximum Gasteiger partial charge on any atom is 0.0135 e. The molecule has 0 fully saturated rings. The molecule has 0 aliphatic rings. The molecule has 0 spiro atoms. The van der Waals surface area contributed by atoms with Crippen molar-refractivity contribution in [3.05, 3.63) is 41.0 Å². The molecule has 1 N–H and O–H groups in total. The van der Waals surface area contributed by atoms with E-state index in [9.17, 15) is 0 Å². The number of benzene rings is 1. The van der Waals surface area contributed by atoms with Crippen molar-refractivity contribution in [1.29, 1.82) is 0 Å². The van der Waals surface area contributed by atoms with Crippen LogP contribution in [0, 0.1) is 0 Å². The van der Waals surface area contributed by atoms with Crippen LogP contribution in [0.1, 0.15) is 58.2 Å². The number of hydrogen-bond donors (Lipinski definition) is 1. The summed E-state index contributed by atoms with van der Waals surface area (Å²) in [5.74, 6) is 0. The van der Waals surface area contributed by atoms with Gasteiger partial charge < -0.3 is 5.32 Å². The first kappa shape index (κ1) is 16.0. The van der Waals surface area contributed by atoms with Gasteiger partial charge >= 0.3 is 0 Å². The van der Waals surface area contributed by atoms with Gasteiger partial charge in [0.05, 0.1) is 0 Å². The zero-order valence-electron chi connectivity index (χ0n) is 13.6. The number of hydrogen-bond acceptors (Lipinski definition) is 1. The lowest BCUT2D eigenvalue weighted by atomic mass is 9.79. The Morgan fingerprint density at radius 2 is 1.37 bits per heavy atom. The summed E-state index contributed by atoms with van der Waals surface area (Å²) in [6.07, 6.45) is 4.38. The van der Waals surface area contributed by atoms with Crippen LogP contribution in [0.2, 0.25) is 0 Å². The molecular formula is C18H29N. The largest absolute Gasteiger partial charge is 0.316 e. The monoisotopic (exact) mass is 259 g/mol. The van der Waals surface area contributed by atoms with E-state index >= 15 is 0 Å². The van der Waals surface area contributed by atoms with Crippen molar-refractivity contribution < 1.29 is 0 Å². The van der Waals surface area contributed by atoms with Gasteiger partial charge in [-0.1, -0.05) is 71.9 Å². The van der Waals surface area contributed by atoms with Gasteiger partial charge in [0.1, 0.15) is 0 Å². The van der Waals surface area contributed by atoms with E-state index in [1.165, 1.54) is 16.7 Å². The molecular weight excluding hydrogens is 230 g/mol. The Morgan fingerprint density at radius 1 is 0.895 bits per heavy atom. The molecule has 1 rings (SSSR count). The third kappa shape index (κ3) is 4.83. The lowest BCUT2D eigenvalue weighted by molar-refractivity contribution is 0.568. The third-order valence-corrected chi connectivity index (χ3v) is 3.32. The fraction of sp³-hybridized carbons (Fsp3) is 0.556. The average molecular weight is 259 g/mol. The minimum absolute atomic E-state index is 0.187. The molecule has 0 amide bonds. The van der Waals surface area contributed by atoms with E-state index in [-0.39, 0.29) is 10.8 Å². The van der Waals surface area contributed by atoms with E-state index in [0.29, 0.717) is 0 Å². The van der Waals surface area contributed by atoms with Crippen LogP contribution >= 0.6 is 0 Å². The highest BCUT2D eigenvalue weighted by atomic mass is 14.8. The van der Waals surface area contributed by atoms with Gasteiger partial charge in [0.15, 0.2) is 0 Å². The van der Waals surface area contributed by atoms with E-state index in [2.05, 4.69) is 77.2 Å². The Kier molecular flexibility index (Phi) is 4.98. The number of rotatable bonds is 3. The van der Waals surface area contributed by atoms with E-state index < -0.39 is 0 Å². The molecule has 0 aliphatic heterocycles. The predicted molar refractivity (Wildman–Crippen MR) is 86.8 cm³/mol. The normalized spacial score (nSPS) is 13.2. The quantitative estimate of drug-likeness (QED) is 0.842. The zero-order chi connectivity index (χ0) is 14.7. The van der Waals surface area contributed by atoms with Crippen LogP contribution in [0.5, 0.6) is 0 Å². The van der Waals surface area contributed by atoms with Gasteiger partial charge in [-0.25, -0.2) is 0 Å². The molecule has 0 heterocycles. The first-order valence-electron chi connectivity index (χ1n) is 7.12. The molecule has 1 nitrogen and oxygen atoms in total. The molecule has 0 aromatic heterocycles. The minimum atomic E-state index is 0.187. The Hall–Kier alpha value is -1.08. The van der Waals surface area contributed by atoms with Gasteiger partial charge in [0, 0.05) is 6.54 Å². The van der Waals surface area contributed by atoms with Crippen LogP contribution in [0.25, 0.3) is 6.08 Å². The van der Waals surface area contributed by atoms with Crippen LogP contribution in [-0.2, 0) is 10.8 Å². The maximum atomic E-state index is 3.14. The van der Waals surface area contributed by atoms with Crippen molar-refractivity contribution in [2.24, 2.45) is 0 Å². The summed E-state index contributed by atoms with van der Waals surface area (Å²) in [6, 6.07) is 6.97. The topological polar surface area (TPSA) is 12.0 Å². The van der Waals surface area contributed by atoms with Gasteiger partial charge in [-0.15, -0.1) is 0 Å². The Balaban J connectivity index is 3.25. The van der Waals surface area contributed by atoms with Crippen molar-refractivity contribution in [3.63, 3.8) is 0 Å². The molecule has 1 heteroatoms. The lowest BCUT2D eigenvalue weighted by Crippen LogP contribution is -2.16. The van der Waals surface area contributed by atoms with Crippen molar-refractivity contribution in [2.75, 3.05) is 13.6 Å². The Morgan fingerprint density at radius 3 is 1.74 bits per heavy atom. The summed E-state index contributed by atoms with van der Waals surface area (Å²) >= 11 is 0. The second-order valence-corrected chi connectivity index (χ2v) is 7.30. The molecule has 19 heavy (non-hydrogen) atoms. The van der Waals surface area contributed by atoms with E-state index in [4.69, 9.17) is 0 Å². The summed E-state index contributed by atoms with van der Waals surface area (Å²) < 4.78 is 0. The summed E-state index contributed by atoms with van der Waals surface area (Å²) in [4.78, 5) is 0. The van der Waals surface area contributed by atoms with Crippen LogP contribution in [0.4, 0.5) is 0 Å². The number of nitrogens with one attached hydrogen (secondary N) is 1. The van der Waals surface area contributed by atoms with E-state index in [1.807, 2.05) is 7.05 Å². The van der Waals surface area contributed by atoms with Crippen LogP contribution in [0.3, 0.4) is 0 Å². The first-order chi connectivity index (χ1) is 8.64. The van der Waals surface area contributed by atoms with Gasteiger partial charge in [-0.05, 0) is 34.6 Å². The average Bonchev–Trinajstić information content (AvgIpc) is 2.27. The molecule has 0 unspecified atom stereocenters. The molecule has 0 saturated heterocycles. The molecule has 0 saturated carbocycles. The second kappa shape index (κ2) is 5.92. The molecule has 0 atom stereocenters. The highest BCUT2D eigenvalue weighted by Crippen LogP contribution is 2.30. The second-order valence-electron chi connectivity index (χ2n) is 7.30. The third-order valence-electron chi connectivity index (χ3n) is 3.32. The van der Waals surface area contributed by atoms with Crippen molar-refractivity contribution in [1.82, 2.24) is 5.32 Å². The smallest absolute Gasteiger partial charge is 0.0135 e. The Labute approximate surface area is 119 Å². The van der Waals surface area contributed by atoms with Crippen LogP contribution in [0.15, 0.2) is 24.3 Å². The molecule has 0 radical (unpaired) electrons.